The van der Waals surface area contributed by atoms with Gasteiger partial charge in [0.15, 0.2) is 0 Å². The molecule has 0 bridgehead atoms. The van der Waals surface area contributed by atoms with E-state index in [1.165, 1.54) is 0 Å². The maximum atomic E-state index is 13.0. The summed E-state index contributed by atoms with van der Waals surface area (Å²) in [5.41, 5.74) is -1.38. The fourth-order valence-electron chi connectivity index (χ4n) is 1.43. The second kappa shape index (κ2) is 6.90. The Labute approximate surface area is 114 Å². The summed E-state index contributed by atoms with van der Waals surface area (Å²) in [6.45, 7) is 3.86. The standard InChI is InChI=1S/C13H17F4NO2/c1-8(2)18-6-9(19)7-20-10-3-4-12(14)11(5-10)13(15,16)17/h3-5,8-9,18-19H,6-7H2,1-2H3. The molecule has 0 spiro atoms. The predicted molar refractivity (Wildman–Crippen MR) is 66.0 cm³/mol. The van der Waals surface area contributed by atoms with Crippen LogP contribution in [0.25, 0.3) is 0 Å². The smallest absolute Gasteiger partial charge is 0.419 e. The van der Waals surface area contributed by atoms with Crippen LogP contribution in [0.4, 0.5) is 17.6 Å². The monoisotopic (exact) mass is 295 g/mol. The summed E-state index contributed by atoms with van der Waals surface area (Å²) in [5.74, 6) is -1.49. The van der Waals surface area contributed by atoms with Crippen LogP contribution in [0.1, 0.15) is 19.4 Å². The fraction of sp³-hybridized carbons (Fsp3) is 0.538. The van der Waals surface area contributed by atoms with E-state index in [9.17, 15) is 22.7 Å². The van der Waals surface area contributed by atoms with E-state index < -0.39 is 23.7 Å². The first kappa shape index (κ1) is 16.7. The van der Waals surface area contributed by atoms with Gasteiger partial charge in [-0.15, -0.1) is 0 Å². The second-order valence-corrected chi connectivity index (χ2v) is 4.67. The van der Waals surface area contributed by atoms with Crippen molar-refractivity contribution < 1.29 is 27.4 Å². The van der Waals surface area contributed by atoms with Crippen molar-refractivity contribution >= 4 is 0 Å². The second-order valence-electron chi connectivity index (χ2n) is 4.67. The third kappa shape index (κ3) is 5.34. The molecule has 114 valence electrons. The van der Waals surface area contributed by atoms with E-state index in [0.29, 0.717) is 12.1 Å². The molecule has 1 aromatic rings. The summed E-state index contributed by atoms with van der Waals surface area (Å²) >= 11 is 0. The number of rotatable bonds is 6. The Hall–Kier alpha value is -1.34. The van der Waals surface area contributed by atoms with Gasteiger partial charge in [-0.2, -0.15) is 13.2 Å². The summed E-state index contributed by atoms with van der Waals surface area (Å²) in [4.78, 5) is 0. The van der Waals surface area contributed by atoms with Gasteiger partial charge in [0.1, 0.15) is 24.3 Å². The lowest BCUT2D eigenvalue weighted by Gasteiger charge is -2.16. The Balaban J connectivity index is 2.61. The number of halogens is 4. The minimum Gasteiger partial charge on any atom is -0.491 e. The van der Waals surface area contributed by atoms with E-state index in [1.807, 2.05) is 13.8 Å². The average Bonchev–Trinajstić information content (AvgIpc) is 2.33. The Bertz CT molecular complexity index is 435. The minimum absolute atomic E-state index is 0.137. The van der Waals surface area contributed by atoms with Gasteiger partial charge < -0.3 is 15.2 Å². The van der Waals surface area contributed by atoms with Crippen LogP contribution < -0.4 is 10.1 Å². The fourth-order valence-corrected chi connectivity index (χ4v) is 1.43. The van der Waals surface area contributed by atoms with Gasteiger partial charge in [-0.3, -0.25) is 0 Å². The predicted octanol–water partition coefficient (Wildman–Crippen LogP) is 2.58. The number of nitrogens with one attached hydrogen (secondary N) is 1. The van der Waals surface area contributed by atoms with E-state index >= 15 is 0 Å². The van der Waals surface area contributed by atoms with Gasteiger partial charge in [-0.1, -0.05) is 13.8 Å². The first-order valence-electron chi connectivity index (χ1n) is 6.11. The number of hydrogen-bond acceptors (Lipinski definition) is 3. The van der Waals surface area contributed by atoms with Gasteiger partial charge >= 0.3 is 6.18 Å². The molecule has 20 heavy (non-hydrogen) atoms. The molecule has 0 saturated heterocycles. The molecule has 0 saturated carbocycles. The van der Waals surface area contributed by atoms with Crippen molar-refractivity contribution in [1.29, 1.82) is 0 Å². The highest BCUT2D eigenvalue weighted by Crippen LogP contribution is 2.33. The first-order valence-corrected chi connectivity index (χ1v) is 6.11. The molecule has 0 radical (unpaired) electrons. The van der Waals surface area contributed by atoms with Gasteiger partial charge in [-0.25, -0.2) is 4.39 Å². The molecule has 1 aromatic carbocycles. The molecule has 0 amide bonds. The number of alkyl halides is 3. The highest BCUT2D eigenvalue weighted by molar-refractivity contribution is 5.31. The van der Waals surface area contributed by atoms with Crippen LogP contribution in [0, 0.1) is 5.82 Å². The Morgan fingerprint density at radius 1 is 1.30 bits per heavy atom. The van der Waals surface area contributed by atoms with E-state index in [1.54, 1.807) is 0 Å². The van der Waals surface area contributed by atoms with E-state index in [-0.39, 0.29) is 24.9 Å². The van der Waals surface area contributed by atoms with Crippen molar-refractivity contribution in [3.63, 3.8) is 0 Å². The highest BCUT2D eigenvalue weighted by Gasteiger charge is 2.34. The molecule has 0 aromatic heterocycles. The van der Waals surface area contributed by atoms with Crippen LogP contribution in [0.15, 0.2) is 18.2 Å². The van der Waals surface area contributed by atoms with E-state index in [4.69, 9.17) is 4.74 Å². The maximum absolute atomic E-state index is 13.0. The molecule has 7 heteroatoms. The maximum Gasteiger partial charge on any atom is 0.419 e. The lowest BCUT2D eigenvalue weighted by molar-refractivity contribution is -0.140. The van der Waals surface area contributed by atoms with E-state index in [0.717, 1.165) is 6.07 Å². The van der Waals surface area contributed by atoms with Crippen molar-refractivity contribution in [2.24, 2.45) is 0 Å². The molecular weight excluding hydrogens is 278 g/mol. The Kier molecular flexibility index (Phi) is 5.76. The van der Waals surface area contributed by atoms with Crippen molar-refractivity contribution in [2.45, 2.75) is 32.2 Å². The van der Waals surface area contributed by atoms with Crippen molar-refractivity contribution in [3.8, 4) is 5.75 Å². The molecule has 0 fully saturated rings. The number of aliphatic hydroxyl groups excluding tert-OH is 1. The molecular formula is C13H17F4NO2. The molecule has 0 aliphatic rings. The van der Waals surface area contributed by atoms with Crippen molar-refractivity contribution in [2.75, 3.05) is 13.2 Å². The molecule has 1 unspecified atom stereocenters. The first-order chi connectivity index (χ1) is 9.20. The lowest BCUT2D eigenvalue weighted by Crippen LogP contribution is -2.35. The van der Waals surface area contributed by atoms with Crippen molar-refractivity contribution in [3.05, 3.63) is 29.6 Å². The normalized spacial score (nSPS) is 13.6. The summed E-state index contributed by atoms with van der Waals surface area (Å²) in [5, 5.41) is 12.5. The number of benzene rings is 1. The minimum atomic E-state index is -4.78. The van der Waals surface area contributed by atoms with Gasteiger partial charge in [0.05, 0.1) is 5.56 Å². The average molecular weight is 295 g/mol. The zero-order valence-corrected chi connectivity index (χ0v) is 11.2. The molecule has 1 atom stereocenters. The number of hydrogen-bond donors (Lipinski definition) is 2. The van der Waals surface area contributed by atoms with Crippen LogP contribution in [0.3, 0.4) is 0 Å². The zero-order chi connectivity index (χ0) is 15.3. The third-order valence-corrected chi connectivity index (χ3v) is 2.45. The summed E-state index contributed by atoms with van der Waals surface area (Å²) in [6.07, 6.45) is -5.64. The van der Waals surface area contributed by atoms with Gasteiger partial charge in [-0.05, 0) is 18.2 Å². The van der Waals surface area contributed by atoms with Gasteiger partial charge in [0.2, 0.25) is 0 Å². The molecule has 0 heterocycles. The number of aliphatic hydroxyl groups is 1. The van der Waals surface area contributed by atoms with E-state index in [2.05, 4.69) is 5.32 Å². The quantitative estimate of drug-likeness (QED) is 0.793. The molecule has 3 nitrogen and oxygen atoms in total. The Morgan fingerprint density at radius 2 is 1.95 bits per heavy atom. The third-order valence-electron chi connectivity index (χ3n) is 2.45. The van der Waals surface area contributed by atoms with Crippen LogP contribution in [-0.2, 0) is 6.18 Å². The largest absolute Gasteiger partial charge is 0.491 e. The molecule has 1 rings (SSSR count). The lowest BCUT2D eigenvalue weighted by atomic mass is 10.2. The zero-order valence-electron chi connectivity index (χ0n) is 11.2. The van der Waals surface area contributed by atoms with Crippen molar-refractivity contribution in [1.82, 2.24) is 5.32 Å². The SMILES string of the molecule is CC(C)NCC(O)COc1ccc(F)c(C(F)(F)F)c1. The van der Waals surface area contributed by atoms with Gasteiger partial charge in [0, 0.05) is 12.6 Å². The summed E-state index contributed by atoms with van der Waals surface area (Å²) in [7, 11) is 0. The Morgan fingerprint density at radius 3 is 2.50 bits per heavy atom. The number of ether oxygens (including phenoxy) is 1. The summed E-state index contributed by atoms with van der Waals surface area (Å²) < 4.78 is 55.5. The van der Waals surface area contributed by atoms with Crippen LogP contribution >= 0.6 is 0 Å². The summed E-state index contributed by atoms with van der Waals surface area (Å²) in [6, 6.07) is 2.54. The van der Waals surface area contributed by atoms with Crippen LogP contribution in [0.5, 0.6) is 5.75 Å². The molecule has 0 aliphatic heterocycles. The van der Waals surface area contributed by atoms with Crippen LogP contribution in [0.2, 0.25) is 0 Å². The molecule has 0 aliphatic carbocycles. The molecule has 2 N–H and O–H groups in total. The van der Waals surface area contributed by atoms with Gasteiger partial charge in [0.25, 0.3) is 0 Å². The van der Waals surface area contributed by atoms with Crippen LogP contribution in [-0.4, -0.2) is 30.4 Å². The highest BCUT2D eigenvalue weighted by atomic mass is 19.4. The topological polar surface area (TPSA) is 41.5 Å².